The summed E-state index contributed by atoms with van der Waals surface area (Å²) in [6.45, 7) is 7.84. The molecule has 2 bridgehead atoms. The lowest BCUT2D eigenvalue weighted by molar-refractivity contribution is -0.0934. The molecule has 0 aromatic heterocycles. The first kappa shape index (κ1) is 13.7. The fraction of sp³-hybridized carbons (Fsp3) is 0.556. The maximum absolute atomic E-state index is 6.23. The second kappa shape index (κ2) is 5.25. The first-order chi connectivity index (χ1) is 9.61. The maximum atomic E-state index is 6.23. The molecule has 1 aliphatic carbocycles. The van der Waals surface area contributed by atoms with Crippen LogP contribution in [0.15, 0.2) is 35.9 Å². The van der Waals surface area contributed by atoms with Crippen LogP contribution in [0.5, 0.6) is 5.75 Å². The van der Waals surface area contributed by atoms with Crippen LogP contribution in [0.4, 0.5) is 0 Å². The molecule has 0 amide bonds. The zero-order valence-electron chi connectivity index (χ0n) is 12.8. The SMILES string of the molecule is COc1ccc([C@@H]2OC[C@H]3[C@H](C)[C@@H]2C(C)=C[C@H]3C)cc1. The van der Waals surface area contributed by atoms with Crippen molar-refractivity contribution < 1.29 is 9.47 Å². The maximum Gasteiger partial charge on any atom is 0.118 e. The fourth-order valence-electron chi connectivity index (χ4n) is 4.04. The van der Waals surface area contributed by atoms with E-state index in [1.54, 1.807) is 7.11 Å². The zero-order valence-corrected chi connectivity index (χ0v) is 12.8. The molecule has 1 saturated heterocycles. The van der Waals surface area contributed by atoms with Crippen LogP contribution in [0.1, 0.15) is 32.4 Å². The van der Waals surface area contributed by atoms with Crippen LogP contribution in [-0.4, -0.2) is 13.7 Å². The summed E-state index contributed by atoms with van der Waals surface area (Å²) in [6, 6.07) is 8.34. The molecular formula is C18H24O2. The lowest BCUT2D eigenvalue weighted by atomic mass is 9.64. The molecule has 1 aliphatic heterocycles. The van der Waals surface area contributed by atoms with Gasteiger partial charge in [0.25, 0.3) is 0 Å². The summed E-state index contributed by atoms with van der Waals surface area (Å²) in [5.41, 5.74) is 2.75. The number of rotatable bonds is 2. The predicted octanol–water partition coefficient (Wildman–Crippen LogP) is 4.23. The molecule has 108 valence electrons. The third kappa shape index (κ3) is 2.16. The number of hydrogen-bond donors (Lipinski definition) is 0. The Bertz CT molecular complexity index is 503. The van der Waals surface area contributed by atoms with Crippen molar-refractivity contribution in [1.82, 2.24) is 0 Å². The molecule has 0 unspecified atom stereocenters. The Hall–Kier alpha value is -1.28. The van der Waals surface area contributed by atoms with E-state index in [0.717, 1.165) is 12.4 Å². The summed E-state index contributed by atoms with van der Waals surface area (Å²) >= 11 is 0. The van der Waals surface area contributed by atoms with Crippen LogP contribution < -0.4 is 4.74 Å². The van der Waals surface area contributed by atoms with Gasteiger partial charge >= 0.3 is 0 Å². The van der Waals surface area contributed by atoms with Gasteiger partial charge in [-0.05, 0) is 42.4 Å². The third-order valence-corrected chi connectivity index (χ3v) is 5.21. The van der Waals surface area contributed by atoms with E-state index in [9.17, 15) is 0 Å². The topological polar surface area (TPSA) is 18.5 Å². The molecule has 5 atom stereocenters. The largest absolute Gasteiger partial charge is 0.497 e. The highest BCUT2D eigenvalue weighted by molar-refractivity contribution is 5.31. The Labute approximate surface area is 121 Å². The molecule has 0 radical (unpaired) electrons. The van der Waals surface area contributed by atoms with Gasteiger partial charge in [0.15, 0.2) is 0 Å². The van der Waals surface area contributed by atoms with Crippen molar-refractivity contribution in [3.63, 3.8) is 0 Å². The summed E-state index contributed by atoms with van der Waals surface area (Å²) in [7, 11) is 1.70. The standard InChI is InChI=1S/C18H24O2/c1-11-9-12(2)17-13(3)16(11)10-20-18(17)14-5-7-15(19-4)8-6-14/h5-9,11,13,16-18H,10H2,1-4H3/t11-,13+,16-,17+,18+/m1/s1. The van der Waals surface area contributed by atoms with E-state index >= 15 is 0 Å². The first-order valence-electron chi connectivity index (χ1n) is 7.55. The average molecular weight is 272 g/mol. The number of hydrogen-bond acceptors (Lipinski definition) is 2. The molecule has 2 aliphatic rings. The lowest BCUT2D eigenvalue weighted by Gasteiger charge is -2.47. The smallest absolute Gasteiger partial charge is 0.118 e. The quantitative estimate of drug-likeness (QED) is 0.750. The van der Waals surface area contributed by atoms with Crippen LogP contribution in [0.3, 0.4) is 0 Å². The van der Waals surface area contributed by atoms with Gasteiger partial charge in [0.2, 0.25) is 0 Å². The molecule has 2 heteroatoms. The van der Waals surface area contributed by atoms with E-state index in [-0.39, 0.29) is 6.10 Å². The van der Waals surface area contributed by atoms with E-state index in [0.29, 0.717) is 23.7 Å². The van der Waals surface area contributed by atoms with Crippen molar-refractivity contribution in [1.29, 1.82) is 0 Å². The Kier molecular flexibility index (Phi) is 3.59. The Morgan fingerprint density at radius 1 is 1.15 bits per heavy atom. The Morgan fingerprint density at radius 2 is 1.85 bits per heavy atom. The highest BCUT2D eigenvalue weighted by Crippen LogP contribution is 2.49. The highest BCUT2D eigenvalue weighted by Gasteiger charge is 2.43. The Balaban J connectivity index is 1.92. The van der Waals surface area contributed by atoms with Gasteiger partial charge in [0, 0.05) is 5.92 Å². The predicted molar refractivity (Wildman–Crippen MR) is 80.8 cm³/mol. The number of ether oxygens (including phenoxy) is 2. The number of benzene rings is 1. The molecular weight excluding hydrogens is 248 g/mol. The van der Waals surface area contributed by atoms with Crippen molar-refractivity contribution in [3.05, 3.63) is 41.5 Å². The van der Waals surface area contributed by atoms with E-state index in [1.165, 1.54) is 11.1 Å². The number of fused-ring (bicyclic) bond motifs is 2. The normalized spacial score (nSPS) is 36.4. The minimum absolute atomic E-state index is 0.191. The van der Waals surface area contributed by atoms with E-state index in [2.05, 4.69) is 39.0 Å². The minimum Gasteiger partial charge on any atom is -0.497 e. The van der Waals surface area contributed by atoms with Crippen molar-refractivity contribution in [2.75, 3.05) is 13.7 Å². The summed E-state index contributed by atoms with van der Waals surface area (Å²) in [5.74, 6) is 3.41. The average Bonchev–Trinajstić information content (AvgIpc) is 2.45. The van der Waals surface area contributed by atoms with E-state index < -0.39 is 0 Å². The van der Waals surface area contributed by atoms with Gasteiger partial charge in [-0.15, -0.1) is 0 Å². The molecule has 20 heavy (non-hydrogen) atoms. The van der Waals surface area contributed by atoms with Gasteiger partial charge < -0.3 is 9.47 Å². The van der Waals surface area contributed by atoms with Crippen molar-refractivity contribution in [2.45, 2.75) is 26.9 Å². The monoisotopic (exact) mass is 272 g/mol. The number of methoxy groups -OCH3 is 1. The van der Waals surface area contributed by atoms with Crippen molar-refractivity contribution in [2.24, 2.45) is 23.7 Å². The van der Waals surface area contributed by atoms with Gasteiger partial charge in [-0.25, -0.2) is 0 Å². The lowest BCUT2D eigenvalue weighted by Crippen LogP contribution is -2.42. The molecule has 1 fully saturated rings. The van der Waals surface area contributed by atoms with E-state index in [4.69, 9.17) is 9.47 Å². The van der Waals surface area contributed by atoms with Crippen molar-refractivity contribution in [3.8, 4) is 5.75 Å². The van der Waals surface area contributed by atoms with E-state index in [1.807, 2.05) is 12.1 Å². The summed E-state index contributed by atoms with van der Waals surface area (Å²) in [6.07, 6.45) is 2.64. The fourth-order valence-corrected chi connectivity index (χ4v) is 4.04. The summed E-state index contributed by atoms with van der Waals surface area (Å²) < 4.78 is 11.5. The van der Waals surface area contributed by atoms with Gasteiger partial charge in [-0.2, -0.15) is 0 Å². The molecule has 1 aromatic rings. The summed E-state index contributed by atoms with van der Waals surface area (Å²) in [5, 5.41) is 0. The van der Waals surface area contributed by atoms with Crippen LogP contribution in [0.25, 0.3) is 0 Å². The third-order valence-electron chi connectivity index (χ3n) is 5.21. The molecule has 3 rings (SSSR count). The minimum atomic E-state index is 0.191. The van der Waals surface area contributed by atoms with Crippen molar-refractivity contribution >= 4 is 0 Å². The second-order valence-corrected chi connectivity index (χ2v) is 6.35. The van der Waals surface area contributed by atoms with Gasteiger partial charge in [0.1, 0.15) is 5.75 Å². The molecule has 2 nitrogen and oxygen atoms in total. The molecule has 1 heterocycles. The van der Waals surface area contributed by atoms with Gasteiger partial charge in [0.05, 0.1) is 19.8 Å². The van der Waals surface area contributed by atoms with Crippen LogP contribution >= 0.6 is 0 Å². The zero-order chi connectivity index (χ0) is 14.3. The first-order valence-corrected chi connectivity index (χ1v) is 7.55. The van der Waals surface area contributed by atoms with Crippen LogP contribution in [0.2, 0.25) is 0 Å². The Morgan fingerprint density at radius 3 is 2.50 bits per heavy atom. The molecule has 0 spiro atoms. The van der Waals surface area contributed by atoms with Crippen LogP contribution in [0, 0.1) is 23.7 Å². The molecule has 1 aromatic carbocycles. The van der Waals surface area contributed by atoms with Crippen LogP contribution in [-0.2, 0) is 4.74 Å². The molecule has 0 N–H and O–H groups in total. The summed E-state index contributed by atoms with van der Waals surface area (Å²) in [4.78, 5) is 0. The molecule has 0 saturated carbocycles. The number of allylic oxidation sites excluding steroid dienone is 1. The van der Waals surface area contributed by atoms with Gasteiger partial charge in [-0.1, -0.05) is 37.6 Å². The second-order valence-electron chi connectivity index (χ2n) is 6.35. The highest BCUT2D eigenvalue weighted by atomic mass is 16.5. The van der Waals surface area contributed by atoms with Gasteiger partial charge in [-0.3, -0.25) is 0 Å².